The van der Waals surface area contributed by atoms with Gasteiger partial charge in [-0.1, -0.05) is 29.8 Å². The molecule has 1 N–H and O–H groups in total. The van der Waals surface area contributed by atoms with Crippen molar-refractivity contribution in [3.63, 3.8) is 0 Å². The maximum absolute atomic E-state index is 13.7. The first kappa shape index (κ1) is 13.8. The van der Waals surface area contributed by atoms with Crippen molar-refractivity contribution in [1.29, 1.82) is 0 Å². The van der Waals surface area contributed by atoms with E-state index >= 15 is 0 Å². The fourth-order valence-electron chi connectivity index (χ4n) is 1.92. The molecule has 0 saturated carbocycles. The molecule has 0 heterocycles. The molecule has 0 aliphatic rings. The van der Waals surface area contributed by atoms with Gasteiger partial charge in [-0.05, 0) is 37.6 Å². The number of rotatable bonds is 3. The number of nitrogens with one attached hydrogen (secondary N) is 1. The molecule has 0 amide bonds. The third-order valence-corrected chi connectivity index (χ3v) is 3.25. The van der Waals surface area contributed by atoms with E-state index in [4.69, 9.17) is 11.6 Å². The van der Waals surface area contributed by atoms with Gasteiger partial charge < -0.3 is 5.32 Å². The summed E-state index contributed by atoms with van der Waals surface area (Å²) in [6.07, 6.45) is 0. The van der Waals surface area contributed by atoms with Crippen LogP contribution in [0.2, 0.25) is 5.02 Å². The second-order valence-corrected chi connectivity index (χ2v) is 4.90. The van der Waals surface area contributed by atoms with Crippen molar-refractivity contribution in [2.45, 2.75) is 19.9 Å². The molecule has 0 bridgehead atoms. The van der Waals surface area contributed by atoms with Gasteiger partial charge in [0.1, 0.15) is 0 Å². The van der Waals surface area contributed by atoms with Crippen molar-refractivity contribution >= 4 is 17.3 Å². The van der Waals surface area contributed by atoms with Crippen LogP contribution < -0.4 is 5.32 Å². The highest BCUT2D eigenvalue weighted by Gasteiger charge is 2.14. The van der Waals surface area contributed by atoms with Crippen molar-refractivity contribution in [2.24, 2.45) is 0 Å². The number of aryl methyl sites for hydroxylation is 1. The molecule has 0 saturated heterocycles. The molecule has 4 heteroatoms. The minimum Gasteiger partial charge on any atom is -0.378 e. The van der Waals surface area contributed by atoms with Crippen LogP contribution in [0.5, 0.6) is 0 Å². The van der Waals surface area contributed by atoms with E-state index in [0.717, 1.165) is 17.3 Å². The Kier molecular flexibility index (Phi) is 4.05. The van der Waals surface area contributed by atoms with Crippen LogP contribution in [0.15, 0.2) is 36.4 Å². The monoisotopic (exact) mass is 281 g/mol. The SMILES string of the molecule is Cc1ccc(Cl)cc1NC(C)c1cccc(F)c1F. The standard InChI is InChI=1S/C15H14ClF2N/c1-9-6-7-11(16)8-14(9)19-10(2)12-4-3-5-13(17)15(12)18/h3-8,10,19H,1-2H3. The molecule has 0 fully saturated rings. The van der Waals surface area contributed by atoms with E-state index in [-0.39, 0.29) is 6.04 Å². The van der Waals surface area contributed by atoms with Crippen molar-refractivity contribution in [1.82, 2.24) is 0 Å². The third-order valence-electron chi connectivity index (χ3n) is 3.02. The number of hydrogen-bond acceptors (Lipinski definition) is 1. The Morgan fingerprint density at radius 2 is 1.89 bits per heavy atom. The summed E-state index contributed by atoms with van der Waals surface area (Å²) in [5, 5.41) is 3.74. The number of anilines is 1. The molecule has 0 aliphatic heterocycles. The predicted molar refractivity (Wildman–Crippen MR) is 74.6 cm³/mol. The highest BCUT2D eigenvalue weighted by atomic mass is 35.5. The maximum Gasteiger partial charge on any atom is 0.164 e. The van der Waals surface area contributed by atoms with E-state index < -0.39 is 11.6 Å². The lowest BCUT2D eigenvalue weighted by atomic mass is 10.1. The largest absolute Gasteiger partial charge is 0.378 e. The lowest BCUT2D eigenvalue weighted by Crippen LogP contribution is -2.10. The van der Waals surface area contributed by atoms with Gasteiger partial charge >= 0.3 is 0 Å². The number of hydrogen-bond donors (Lipinski definition) is 1. The quantitative estimate of drug-likeness (QED) is 0.825. The predicted octanol–water partition coefficient (Wildman–Crippen LogP) is 5.10. The molecule has 0 aliphatic carbocycles. The van der Waals surface area contributed by atoms with Crippen LogP contribution in [-0.2, 0) is 0 Å². The summed E-state index contributed by atoms with van der Waals surface area (Å²) in [7, 11) is 0. The van der Waals surface area contributed by atoms with Gasteiger partial charge in [0.15, 0.2) is 11.6 Å². The average molecular weight is 282 g/mol. The Labute approximate surface area is 116 Å². The Bertz CT molecular complexity index is 599. The Hall–Kier alpha value is -1.61. The normalized spacial score (nSPS) is 12.3. The zero-order valence-corrected chi connectivity index (χ0v) is 11.4. The molecule has 1 atom stereocenters. The van der Waals surface area contributed by atoms with Crippen molar-refractivity contribution in [2.75, 3.05) is 5.32 Å². The first-order chi connectivity index (χ1) is 8.99. The molecule has 100 valence electrons. The van der Waals surface area contributed by atoms with Crippen molar-refractivity contribution in [3.8, 4) is 0 Å². The summed E-state index contributed by atoms with van der Waals surface area (Å²) in [6, 6.07) is 9.25. The molecule has 1 unspecified atom stereocenters. The second kappa shape index (κ2) is 5.57. The molecule has 0 aromatic heterocycles. The average Bonchev–Trinajstić information content (AvgIpc) is 2.37. The second-order valence-electron chi connectivity index (χ2n) is 4.47. The van der Waals surface area contributed by atoms with Crippen LogP contribution in [-0.4, -0.2) is 0 Å². The topological polar surface area (TPSA) is 12.0 Å². The fourth-order valence-corrected chi connectivity index (χ4v) is 2.09. The van der Waals surface area contributed by atoms with Crippen molar-refractivity contribution < 1.29 is 8.78 Å². The van der Waals surface area contributed by atoms with Gasteiger partial charge in [0, 0.05) is 16.3 Å². The first-order valence-electron chi connectivity index (χ1n) is 5.95. The molecule has 0 radical (unpaired) electrons. The third kappa shape index (κ3) is 3.04. The highest BCUT2D eigenvalue weighted by Crippen LogP contribution is 2.26. The number of benzene rings is 2. The van der Waals surface area contributed by atoms with E-state index in [0.29, 0.717) is 10.6 Å². The molecule has 0 spiro atoms. The van der Waals surface area contributed by atoms with E-state index in [9.17, 15) is 8.78 Å². The zero-order valence-electron chi connectivity index (χ0n) is 10.7. The van der Waals surface area contributed by atoms with Gasteiger partial charge in [0.2, 0.25) is 0 Å². The molecular weight excluding hydrogens is 268 g/mol. The fraction of sp³-hybridized carbons (Fsp3) is 0.200. The van der Waals surface area contributed by atoms with Crippen LogP contribution >= 0.6 is 11.6 Å². The van der Waals surface area contributed by atoms with E-state index in [1.165, 1.54) is 6.07 Å². The van der Waals surface area contributed by atoms with Crippen LogP contribution in [0.3, 0.4) is 0 Å². The summed E-state index contributed by atoms with van der Waals surface area (Å²) in [6.45, 7) is 3.70. The van der Waals surface area contributed by atoms with Crippen molar-refractivity contribution in [3.05, 3.63) is 64.2 Å². The maximum atomic E-state index is 13.7. The van der Waals surface area contributed by atoms with Crippen LogP contribution in [0.1, 0.15) is 24.1 Å². The minimum atomic E-state index is -0.839. The lowest BCUT2D eigenvalue weighted by Gasteiger charge is -2.18. The summed E-state index contributed by atoms with van der Waals surface area (Å²) < 4.78 is 26.9. The molecular formula is C15H14ClF2N. The molecule has 2 aromatic carbocycles. The molecule has 2 rings (SSSR count). The van der Waals surface area contributed by atoms with E-state index in [2.05, 4.69) is 5.32 Å². The summed E-state index contributed by atoms with van der Waals surface area (Å²) in [5.41, 5.74) is 2.09. The first-order valence-corrected chi connectivity index (χ1v) is 6.33. The van der Waals surface area contributed by atoms with E-state index in [1.54, 1.807) is 25.1 Å². The lowest BCUT2D eigenvalue weighted by molar-refractivity contribution is 0.494. The number of halogens is 3. The van der Waals surface area contributed by atoms with Gasteiger partial charge in [0.25, 0.3) is 0 Å². The van der Waals surface area contributed by atoms with E-state index in [1.807, 2.05) is 13.0 Å². The molecule has 19 heavy (non-hydrogen) atoms. The van der Waals surface area contributed by atoms with Gasteiger partial charge in [-0.3, -0.25) is 0 Å². The Morgan fingerprint density at radius 1 is 1.16 bits per heavy atom. The molecule has 1 nitrogen and oxygen atoms in total. The Morgan fingerprint density at radius 3 is 2.63 bits per heavy atom. The van der Waals surface area contributed by atoms with Crippen LogP contribution in [0.25, 0.3) is 0 Å². The van der Waals surface area contributed by atoms with Gasteiger partial charge in [-0.2, -0.15) is 0 Å². The summed E-state index contributed by atoms with van der Waals surface area (Å²) in [4.78, 5) is 0. The smallest absolute Gasteiger partial charge is 0.164 e. The van der Waals surface area contributed by atoms with Crippen LogP contribution in [0, 0.1) is 18.6 Å². The summed E-state index contributed by atoms with van der Waals surface area (Å²) >= 11 is 5.93. The Balaban J connectivity index is 2.28. The highest BCUT2D eigenvalue weighted by molar-refractivity contribution is 6.30. The van der Waals surface area contributed by atoms with Gasteiger partial charge in [0.05, 0.1) is 6.04 Å². The molecule has 2 aromatic rings. The minimum absolute atomic E-state index is 0.291. The van der Waals surface area contributed by atoms with Gasteiger partial charge in [-0.25, -0.2) is 8.78 Å². The van der Waals surface area contributed by atoms with Crippen LogP contribution in [0.4, 0.5) is 14.5 Å². The zero-order chi connectivity index (χ0) is 14.0. The van der Waals surface area contributed by atoms with Gasteiger partial charge in [-0.15, -0.1) is 0 Å². The summed E-state index contributed by atoms with van der Waals surface area (Å²) in [5.74, 6) is -1.66.